The van der Waals surface area contributed by atoms with E-state index in [1.165, 1.54) is 22.3 Å². The van der Waals surface area contributed by atoms with Crippen LogP contribution in [-0.4, -0.2) is 27.6 Å². The minimum atomic E-state index is -1.67. The van der Waals surface area contributed by atoms with Gasteiger partial charge >= 0.3 is 0 Å². The number of aryl methyl sites for hydroxylation is 1. The summed E-state index contributed by atoms with van der Waals surface area (Å²) in [5, 5.41) is 3.28. The number of hydrogen-bond acceptors (Lipinski definition) is 4. The van der Waals surface area contributed by atoms with Crippen molar-refractivity contribution in [2.24, 2.45) is 5.92 Å². The van der Waals surface area contributed by atoms with Crippen LogP contribution < -0.4 is 5.19 Å². The molecular formula is C52H50IrN4OSi-2. The van der Waals surface area contributed by atoms with Crippen molar-refractivity contribution in [3.05, 3.63) is 163 Å². The van der Waals surface area contributed by atoms with Gasteiger partial charge in [-0.15, -0.1) is 54.1 Å². The van der Waals surface area contributed by atoms with Crippen LogP contribution in [0.25, 0.3) is 72.4 Å². The van der Waals surface area contributed by atoms with E-state index in [2.05, 4.69) is 134 Å². The van der Waals surface area contributed by atoms with Gasteiger partial charge in [0.25, 0.3) is 0 Å². The number of nitrogens with zero attached hydrogens (tertiary/aromatic N) is 4. The summed E-state index contributed by atoms with van der Waals surface area (Å²) in [6.07, 6.45) is 4.18. The van der Waals surface area contributed by atoms with Gasteiger partial charge in [-0.2, -0.15) is 0 Å². The van der Waals surface area contributed by atoms with Crippen molar-refractivity contribution < 1.29 is 27.3 Å². The maximum Gasteiger partial charge on any atom is 0.120 e. The molecule has 0 saturated heterocycles. The van der Waals surface area contributed by atoms with Gasteiger partial charge in [-0.1, -0.05) is 118 Å². The molecule has 59 heavy (non-hydrogen) atoms. The zero-order valence-corrected chi connectivity index (χ0v) is 38.3. The van der Waals surface area contributed by atoms with E-state index < -0.39 is 14.4 Å². The molecule has 0 unspecified atom stereocenters. The Morgan fingerprint density at radius 2 is 1.59 bits per heavy atom. The van der Waals surface area contributed by atoms with E-state index in [4.69, 9.17) is 12.1 Å². The Hall–Kier alpha value is -5.46. The fourth-order valence-corrected chi connectivity index (χ4v) is 8.98. The van der Waals surface area contributed by atoms with E-state index in [1.807, 2.05) is 81.0 Å². The van der Waals surface area contributed by atoms with Crippen molar-refractivity contribution in [3.63, 3.8) is 0 Å². The molecule has 9 aromatic rings. The van der Waals surface area contributed by atoms with Crippen LogP contribution in [0.4, 0.5) is 0 Å². The van der Waals surface area contributed by atoms with Gasteiger partial charge in [-0.3, -0.25) is 9.97 Å². The smallest absolute Gasteiger partial charge is 0.120 e. The SMILES string of the molecule is Cc1ccc2oc3c(-c4nc5cnccc5n4-c4ccc(-c5ccccc5)cc4C(C)C)[c-]ccc3c2c1.[2H]C([2H])(c1cc(-c2[c-]cccc2)ncc1[Si](C)(C)C)C(C)C.[Ir]. The van der Waals surface area contributed by atoms with Gasteiger partial charge in [-0.05, 0) is 83.0 Å². The van der Waals surface area contributed by atoms with E-state index in [1.54, 1.807) is 0 Å². The first-order valence-electron chi connectivity index (χ1n) is 21.1. The second-order valence-corrected chi connectivity index (χ2v) is 21.6. The molecule has 0 amide bonds. The van der Waals surface area contributed by atoms with Crippen molar-refractivity contribution in [2.75, 3.05) is 0 Å². The molecule has 299 valence electrons. The number of aromatic nitrogens is 4. The Morgan fingerprint density at radius 1 is 0.797 bits per heavy atom. The Morgan fingerprint density at radius 3 is 2.32 bits per heavy atom. The van der Waals surface area contributed by atoms with Crippen molar-refractivity contribution >= 4 is 46.2 Å². The molecular weight excluding hydrogens is 917 g/mol. The first kappa shape index (κ1) is 39.0. The van der Waals surface area contributed by atoms with Crippen LogP contribution in [0.1, 0.15) is 53.0 Å². The van der Waals surface area contributed by atoms with E-state index in [0.29, 0.717) is 5.92 Å². The van der Waals surface area contributed by atoms with E-state index >= 15 is 0 Å². The van der Waals surface area contributed by atoms with Crippen molar-refractivity contribution in [3.8, 4) is 39.5 Å². The third kappa shape index (κ3) is 8.65. The average Bonchev–Trinajstić information content (AvgIpc) is 3.82. The molecule has 9 rings (SSSR count). The number of pyridine rings is 2. The van der Waals surface area contributed by atoms with E-state index in [9.17, 15) is 0 Å². The molecule has 0 aliphatic carbocycles. The molecule has 0 aliphatic rings. The predicted molar refractivity (Wildman–Crippen MR) is 245 cm³/mol. The molecule has 4 aromatic heterocycles. The molecule has 0 atom stereocenters. The summed E-state index contributed by atoms with van der Waals surface area (Å²) in [5.41, 5.74) is 12.8. The topological polar surface area (TPSA) is 56.7 Å². The Kier molecular flexibility index (Phi) is 11.5. The van der Waals surface area contributed by atoms with Crippen LogP contribution in [0, 0.1) is 25.0 Å². The zero-order chi connectivity index (χ0) is 42.3. The molecule has 0 saturated carbocycles. The van der Waals surface area contributed by atoms with Gasteiger partial charge in [0.05, 0.1) is 36.7 Å². The number of furan rings is 1. The molecule has 0 aliphatic heterocycles. The Labute approximate surface area is 365 Å². The largest absolute Gasteiger partial charge is 0.501 e. The van der Waals surface area contributed by atoms with E-state index in [-0.39, 0.29) is 26.0 Å². The second-order valence-electron chi connectivity index (χ2n) is 16.6. The van der Waals surface area contributed by atoms with Crippen molar-refractivity contribution in [2.45, 2.75) is 66.6 Å². The molecule has 4 heterocycles. The van der Waals surface area contributed by atoms with Crippen LogP contribution in [0.3, 0.4) is 0 Å². The summed E-state index contributed by atoms with van der Waals surface area (Å²) in [7, 11) is -1.67. The maximum absolute atomic E-state index is 8.55. The minimum Gasteiger partial charge on any atom is -0.501 e. The van der Waals surface area contributed by atoms with Gasteiger partial charge in [0, 0.05) is 46.3 Å². The van der Waals surface area contributed by atoms with Gasteiger partial charge in [0.1, 0.15) is 5.58 Å². The summed E-state index contributed by atoms with van der Waals surface area (Å²) in [6, 6.07) is 45.9. The van der Waals surface area contributed by atoms with E-state index in [0.717, 1.165) is 72.1 Å². The fourth-order valence-electron chi connectivity index (χ4n) is 7.58. The molecule has 5 nitrogen and oxygen atoms in total. The average molecular weight is 969 g/mol. The van der Waals surface area contributed by atoms with Gasteiger partial charge in [0.2, 0.25) is 0 Å². The summed E-state index contributed by atoms with van der Waals surface area (Å²) < 4.78 is 25.8. The fraction of sp³-hybridized carbons (Fsp3) is 0.212. The predicted octanol–water partition coefficient (Wildman–Crippen LogP) is 13.2. The number of rotatable bonds is 8. The third-order valence-electron chi connectivity index (χ3n) is 10.4. The Bertz CT molecular complexity index is 2970. The molecule has 1 radical (unpaired) electrons. The normalized spacial score (nSPS) is 12.4. The molecule has 0 fully saturated rings. The number of fused-ring (bicyclic) bond motifs is 4. The van der Waals surface area contributed by atoms with Crippen LogP contribution >= 0.6 is 0 Å². The molecule has 0 spiro atoms. The molecule has 0 N–H and O–H groups in total. The first-order valence-corrected chi connectivity index (χ1v) is 23.6. The van der Waals surface area contributed by atoms with Crippen LogP contribution in [0.15, 0.2) is 138 Å². The minimum absolute atomic E-state index is 0. The summed E-state index contributed by atoms with van der Waals surface area (Å²) >= 11 is 0. The van der Waals surface area contributed by atoms with Crippen LogP contribution in [-0.2, 0) is 26.5 Å². The second kappa shape index (κ2) is 17.4. The summed E-state index contributed by atoms with van der Waals surface area (Å²) in [5.74, 6) is 1.01. The van der Waals surface area contributed by atoms with Crippen LogP contribution in [0.2, 0.25) is 19.6 Å². The van der Waals surface area contributed by atoms with Crippen LogP contribution in [0.5, 0.6) is 0 Å². The molecule has 5 aromatic carbocycles. The third-order valence-corrected chi connectivity index (χ3v) is 12.4. The van der Waals surface area contributed by atoms with Gasteiger partial charge in [-0.25, -0.2) is 0 Å². The molecule has 0 bridgehead atoms. The molecule has 7 heteroatoms. The quantitative estimate of drug-likeness (QED) is 0.112. The monoisotopic (exact) mass is 969 g/mol. The van der Waals surface area contributed by atoms with Crippen molar-refractivity contribution in [1.82, 2.24) is 19.5 Å². The maximum atomic E-state index is 8.55. The summed E-state index contributed by atoms with van der Waals surface area (Å²) in [4.78, 5) is 14.0. The zero-order valence-electron chi connectivity index (χ0n) is 36.9. The Balaban J connectivity index is 0.000000210. The summed E-state index contributed by atoms with van der Waals surface area (Å²) in [6.45, 7) is 17.2. The first-order chi connectivity index (χ1) is 28.7. The standard InChI is InChI=1S/C34H26N3O.C18H24NSi.Ir/c1-21(2)27-19-24(23-8-5-4-6-9-23)13-14-30(27)37-31-16-17-35-20-29(31)36-34(37)26-11-7-10-25-28-18-22(3)12-15-32(28)38-33(25)26;1-14(2)11-16-12-17(15-9-7-6-8-10-15)19-13-18(16)20(3,4)5;/h4-10,12-21H,1-3H3;6-9,12-14H,11H2,1-5H3;/q2*-1;/i;11D2;. The van der Waals surface area contributed by atoms with Gasteiger partial charge in [0.15, 0.2) is 0 Å². The van der Waals surface area contributed by atoms with Gasteiger partial charge < -0.3 is 14.0 Å². The van der Waals surface area contributed by atoms with Crippen molar-refractivity contribution in [1.29, 1.82) is 0 Å². The number of benzene rings is 5. The number of imidazole rings is 1. The number of hydrogen-bond donors (Lipinski definition) is 0.